The van der Waals surface area contributed by atoms with E-state index in [1.54, 1.807) is 44.2 Å². The molecule has 4 nitrogen and oxygen atoms in total. The molecule has 1 fully saturated rings. The van der Waals surface area contributed by atoms with Crippen molar-refractivity contribution in [1.29, 1.82) is 0 Å². The first-order chi connectivity index (χ1) is 10.8. The Morgan fingerprint density at radius 2 is 2.09 bits per heavy atom. The van der Waals surface area contributed by atoms with Gasteiger partial charge >= 0.3 is 11.9 Å². The molecule has 7 heteroatoms. The Balaban J connectivity index is 2.26. The highest BCUT2D eigenvalue weighted by molar-refractivity contribution is 8.00. The van der Waals surface area contributed by atoms with Gasteiger partial charge in [0.05, 0.1) is 13.2 Å². The van der Waals surface area contributed by atoms with Crippen molar-refractivity contribution in [2.45, 2.75) is 48.7 Å². The number of hydrogen-bond acceptors (Lipinski definition) is 5. The third-order valence-electron chi connectivity index (χ3n) is 3.28. The molecule has 0 aliphatic carbocycles. The zero-order chi connectivity index (χ0) is 17.1. The Labute approximate surface area is 138 Å². The summed E-state index contributed by atoms with van der Waals surface area (Å²) in [6, 6.07) is 8.70. The Kier molecular flexibility index (Phi) is 5.65. The molecule has 1 aromatic carbocycles. The largest absolute Gasteiger partial charge is 0.462 e. The summed E-state index contributed by atoms with van der Waals surface area (Å²) in [5, 5.41) is -1.44. The number of carbonyl (C=O) groups is 1. The van der Waals surface area contributed by atoms with Crippen LogP contribution in [0, 0.1) is 0 Å². The first-order valence-corrected chi connectivity index (χ1v) is 8.23. The van der Waals surface area contributed by atoms with E-state index in [0.717, 1.165) is 11.8 Å². The van der Waals surface area contributed by atoms with Crippen molar-refractivity contribution in [2.24, 2.45) is 0 Å². The summed E-state index contributed by atoms with van der Waals surface area (Å²) < 4.78 is 44.7. The van der Waals surface area contributed by atoms with E-state index < -0.39 is 29.0 Å². The highest BCUT2D eigenvalue weighted by Gasteiger charge is 2.55. The molecule has 1 aliphatic heterocycles. The molecular weight excluding hydrogens is 326 g/mol. The first-order valence-electron chi connectivity index (χ1n) is 7.35. The molecule has 0 N–H and O–H groups in total. The molecule has 1 aromatic rings. The molecule has 2 atom stereocenters. The number of thioether (sulfide) groups is 1. The van der Waals surface area contributed by atoms with E-state index >= 15 is 0 Å². The van der Waals surface area contributed by atoms with Gasteiger partial charge in [-0.1, -0.05) is 18.2 Å². The fourth-order valence-corrected chi connectivity index (χ4v) is 3.37. The van der Waals surface area contributed by atoms with E-state index in [0.29, 0.717) is 4.90 Å². The van der Waals surface area contributed by atoms with Gasteiger partial charge in [-0.05, 0) is 32.9 Å². The Morgan fingerprint density at radius 3 is 2.61 bits per heavy atom. The Morgan fingerprint density at radius 1 is 1.43 bits per heavy atom. The Bertz CT molecular complexity index is 536. The Hall–Kier alpha value is -1.18. The van der Waals surface area contributed by atoms with E-state index in [-0.39, 0.29) is 13.2 Å². The van der Waals surface area contributed by atoms with Gasteiger partial charge in [0.25, 0.3) is 0 Å². The minimum atomic E-state index is -3.69. The van der Waals surface area contributed by atoms with E-state index in [2.05, 4.69) is 4.74 Å². The lowest BCUT2D eigenvalue weighted by molar-refractivity contribution is -0.179. The van der Waals surface area contributed by atoms with E-state index in [1.807, 2.05) is 0 Å². The first kappa shape index (κ1) is 18.2. The molecule has 128 valence electrons. The summed E-state index contributed by atoms with van der Waals surface area (Å²) in [5.41, 5.74) is 0. The molecule has 1 unspecified atom stereocenters. The summed E-state index contributed by atoms with van der Waals surface area (Å²) in [5.74, 6) is -6.18. The van der Waals surface area contributed by atoms with Crippen LogP contribution in [0.2, 0.25) is 0 Å². The number of benzene rings is 1. The quantitative estimate of drug-likeness (QED) is 0.583. The van der Waals surface area contributed by atoms with Gasteiger partial charge in [-0.15, -0.1) is 11.8 Å². The maximum atomic E-state index is 14.6. The van der Waals surface area contributed by atoms with Gasteiger partial charge in [0.2, 0.25) is 0 Å². The predicted molar refractivity (Wildman–Crippen MR) is 82.6 cm³/mol. The number of halogens is 2. The SMILES string of the molecule is CCOC(=O)C(F)(F)C(Sc1ccccc1)[C@H]1COC(C)(C)O1. The van der Waals surface area contributed by atoms with Gasteiger partial charge in [0.1, 0.15) is 11.4 Å². The van der Waals surface area contributed by atoms with Crippen LogP contribution in [0.25, 0.3) is 0 Å². The lowest BCUT2D eigenvalue weighted by Gasteiger charge is -2.29. The topological polar surface area (TPSA) is 44.8 Å². The van der Waals surface area contributed by atoms with Crippen molar-refractivity contribution >= 4 is 17.7 Å². The van der Waals surface area contributed by atoms with E-state index in [9.17, 15) is 13.6 Å². The van der Waals surface area contributed by atoms with Crippen LogP contribution in [0.15, 0.2) is 35.2 Å². The third kappa shape index (κ3) is 4.43. The van der Waals surface area contributed by atoms with Gasteiger partial charge in [-0.25, -0.2) is 4.79 Å². The van der Waals surface area contributed by atoms with Crippen molar-refractivity contribution in [2.75, 3.05) is 13.2 Å². The lowest BCUT2D eigenvalue weighted by atomic mass is 10.1. The summed E-state index contributed by atoms with van der Waals surface area (Å²) in [6.45, 7) is 4.68. The normalized spacial score (nSPS) is 21.9. The van der Waals surface area contributed by atoms with Crippen LogP contribution in [0.5, 0.6) is 0 Å². The van der Waals surface area contributed by atoms with E-state index in [4.69, 9.17) is 9.47 Å². The zero-order valence-corrected chi connectivity index (χ0v) is 14.1. The van der Waals surface area contributed by atoms with Crippen LogP contribution >= 0.6 is 11.8 Å². The van der Waals surface area contributed by atoms with Gasteiger partial charge < -0.3 is 14.2 Å². The minimum Gasteiger partial charge on any atom is -0.462 e. The van der Waals surface area contributed by atoms with Crippen LogP contribution in [0.1, 0.15) is 20.8 Å². The van der Waals surface area contributed by atoms with Crippen molar-refractivity contribution < 1.29 is 27.8 Å². The number of esters is 1. The fourth-order valence-electron chi connectivity index (χ4n) is 2.24. The van der Waals surface area contributed by atoms with Gasteiger partial charge in [-0.3, -0.25) is 0 Å². The predicted octanol–water partition coefficient (Wildman–Crippen LogP) is 3.50. The number of carbonyl (C=O) groups excluding carboxylic acids is 1. The molecule has 0 radical (unpaired) electrons. The second kappa shape index (κ2) is 7.15. The third-order valence-corrected chi connectivity index (χ3v) is 4.68. The van der Waals surface area contributed by atoms with Gasteiger partial charge in [0, 0.05) is 4.90 Å². The standard InChI is InChI=1S/C16H20F2O4S/c1-4-20-14(19)16(17,18)13(12-10-21-15(2,3)22-12)23-11-8-6-5-7-9-11/h5-9,12-13H,4,10H2,1-3H3/t12-,13?/m1/s1. The van der Waals surface area contributed by atoms with Crippen LogP contribution in [0.3, 0.4) is 0 Å². The van der Waals surface area contributed by atoms with Crippen LogP contribution in [-0.2, 0) is 19.0 Å². The molecule has 2 rings (SSSR count). The monoisotopic (exact) mass is 346 g/mol. The van der Waals surface area contributed by atoms with Crippen molar-refractivity contribution in [3.05, 3.63) is 30.3 Å². The van der Waals surface area contributed by atoms with Crippen LogP contribution < -0.4 is 0 Å². The highest BCUT2D eigenvalue weighted by Crippen LogP contribution is 2.41. The molecule has 0 saturated carbocycles. The van der Waals surface area contributed by atoms with Gasteiger partial charge in [-0.2, -0.15) is 8.78 Å². The maximum Gasteiger partial charge on any atom is 0.378 e. The minimum absolute atomic E-state index is 0.00745. The van der Waals surface area contributed by atoms with E-state index in [1.165, 1.54) is 6.92 Å². The van der Waals surface area contributed by atoms with Crippen LogP contribution in [-0.4, -0.2) is 42.2 Å². The van der Waals surface area contributed by atoms with Crippen molar-refractivity contribution in [3.8, 4) is 0 Å². The van der Waals surface area contributed by atoms with Gasteiger partial charge in [0.15, 0.2) is 5.79 Å². The lowest BCUT2D eigenvalue weighted by Crippen LogP contribution is -2.48. The summed E-state index contributed by atoms with van der Waals surface area (Å²) in [7, 11) is 0. The van der Waals surface area contributed by atoms with Crippen LogP contribution in [0.4, 0.5) is 8.78 Å². The zero-order valence-electron chi connectivity index (χ0n) is 13.3. The molecule has 0 aromatic heterocycles. The number of rotatable bonds is 6. The molecule has 1 aliphatic rings. The second-order valence-electron chi connectivity index (χ2n) is 5.56. The second-order valence-corrected chi connectivity index (χ2v) is 6.78. The average molecular weight is 346 g/mol. The summed E-state index contributed by atoms with van der Waals surface area (Å²) in [4.78, 5) is 12.4. The molecular formula is C16H20F2O4S. The molecule has 0 bridgehead atoms. The summed E-state index contributed by atoms with van der Waals surface area (Å²) >= 11 is 0.892. The average Bonchev–Trinajstić information content (AvgIpc) is 2.85. The highest BCUT2D eigenvalue weighted by atomic mass is 32.2. The van der Waals surface area contributed by atoms with Crippen molar-refractivity contribution in [1.82, 2.24) is 0 Å². The molecule has 1 heterocycles. The smallest absolute Gasteiger partial charge is 0.378 e. The van der Waals surface area contributed by atoms with Crippen molar-refractivity contribution in [3.63, 3.8) is 0 Å². The maximum absolute atomic E-state index is 14.6. The number of alkyl halides is 2. The molecule has 23 heavy (non-hydrogen) atoms. The molecule has 1 saturated heterocycles. The molecule has 0 amide bonds. The number of ether oxygens (including phenoxy) is 3. The fraction of sp³-hybridized carbons (Fsp3) is 0.562. The molecule has 0 spiro atoms. The summed E-state index contributed by atoms with van der Waals surface area (Å²) in [6.07, 6.45) is -0.922. The number of hydrogen-bond donors (Lipinski definition) is 0.